The van der Waals surface area contributed by atoms with E-state index < -0.39 is 0 Å². The van der Waals surface area contributed by atoms with Crippen molar-refractivity contribution >= 4 is 58.6 Å². The summed E-state index contributed by atoms with van der Waals surface area (Å²) in [5.74, 6) is 2.19. The number of nitrogens with zero attached hydrogens (tertiary/aromatic N) is 3. The Morgan fingerprint density at radius 1 is 1.06 bits per heavy atom. The lowest BCUT2D eigenvalue weighted by atomic mass is 10.2. The Kier molecular flexibility index (Phi) is 9.67. The molecular weight excluding hydrogens is 504 g/mol. The first-order chi connectivity index (χ1) is 16.0. The van der Waals surface area contributed by atoms with Gasteiger partial charge in [-0.2, -0.15) is 5.10 Å². The molecule has 3 aromatic rings. The number of benzene rings is 2. The fourth-order valence-corrected chi connectivity index (χ4v) is 5.65. The molecule has 1 aromatic heterocycles. The Morgan fingerprint density at radius 2 is 1.73 bits per heavy atom. The van der Waals surface area contributed by atoms with Gasteiger partial charge >= 0.3 is 0 Å². The average Bonchev–Trinajstić information content (AvgIpc) is 3.29. The van der Waals surface area contributed by atoms with Crippen LogP contribution in [0.15, 0.2) is 50.2 Å². The van der Waals surface area contributed by atoms with Crippen molar-refractivity contribution in [2.45, 2.75) is 14.4 Å². The van der Waals surface area contributed by atoms with Crippen LogP contribution in [0, 0.1) is 0 Å². The highest BCUT2D eigenvalue weighted by Gasteiger charge is 2.12. The van der Waals surface area contributed by atoms with Gasteiger partial charge in [0.05, 0.1) is 33.3 Å². The van der Waals surface area contributed by atoms with Gasteiger partial charge in [0.25, 0.3) is 5.91 Å². The van der Waals surface area contributed by atoms with Gasteiger partial charge in [-0.1, -0.05) is 64.7 Å². The highest BCUT2D eigenvalue weighted by atomic mass is 35.5. The molecule has 0 aliphatic heterocycles. The fraction of sp³-hybridized carbons (Fsp3) is 0.238. The molecule has 0 spiro atoms. The first kappa shape index (κ1) is 25.2. The summed E-state index contributed by atoms with van der Waals surface area (Å²) in [6.45, 7) is 0. The summed E-state index contributed by atoms with van der Waals surface area (Å²) in [7, 11) is 4.62. The van der Waals surface area contributed by atoms with Crippen LogP contribution in [0.4, 0.5) is 0 Å². The molecule has 0 aliphatic carbocycles. The number of carbonyl (C=O) groups is 1. The molecule has 0 fully saturated rings. The molecular formula is C21H21ClN4O4S3. The van der Waals surface area contributed by atoms with E-state index in [1.54, 1.807) is 38.1 Å². The first-order valence-electron chi connectivity index (χ1n) is 9.48. The summed E-state index contributed by atoms with van der Waals surface area (Å²) in [5.41, 5.74) is 4.17. The third-order valence-corrected chi connectivity index (χ3v) is 7.76. The SMILES string of the molecule is COc1cc(OC)c(OC)cc1/C=N\NC(=O)CSc1nnc(SCc2ccccc2Cl)s1. The largest absolute Gasteiger partial charge is 0.496 e. The molecule has 0 bridgehead atoms. The summed E-state index contributed by atoms with van der Waals surface area (Å²) in [6, 6.07) is 11.1. The smallest absolute Gasteiger partial charge is 0.250 e. The molecule has 0 saturated carbocycles. The van der Waals surface area contributed by atoms with Gasteiger partial charge in [0.15, 0.2) is 20.2 Å². The zero-order valence-electron chi connectivity index (χ0n) is 18.0. The van der Waals surface area contributed by atoms with Gasteiger partial charge in [-0.05, 0) is 17.7 Å². The predicted molar refractivity (Wildman–Crippen MR) is 133 cm³/mol. The Balaban J connectivity index is 1.49. The topological polar surface area (TPSA) is 94.9 Å². The van der Waals surface area contributed by atoms with Gasteiger partial charge in [-0.3, -0.25) is 4.79 Å². The predicted octanol–water partition coefficient (Wildman–Crippen LogP) is 4.75. The van der Waals surface area contributed by atoms with Crippen LogP contribution in [0.3, 0.4) is 0 Å². The van der Waals surface area contributed by atoms with Crippen molar-refractivity contribution in [1.29, 1.82) is 0 Å². The van der Waals surface area contributed by atoms with E-state index in [-0.39, 0.29) is 11.7 Å². The van der Waals surface area contributed by atoms with Crippen molar-refractivity contribution in [3.63, 3.8) is 0 Å². The molecule has 0 saturated heterocycles. The van der Waals surface area contributed by atoms with Gasteiger partial charge in [-0.25, -0.2) is 5.43 Å². The number of carbonyl (C=O) groups excluding carboxylic acids is 1. The quantitative estimate of drug-likeness (QED) is 0.218. The van der Waals surface area contributed by atoms with Crippen molar-refractivity contribution in [2.75, 3.05) is 27.1 Å². The number of halogens is 1. The van der Waals surface area contributed by atoms with Crippen LogP contribution < -0.4 is 19.6 Å². The molecule has 174 valence electrons. The van der Waals surface area contributed by atoms with Crippen molar-refractivity contribution in [2.24, 2.45) is 5.10 Å². The lowest BCUT2D eigenvalue weighted by Gasteiger charge is -2.11. The summed E-state index contributed by atoms with van der Waals surface area (Å²) in [5, 5.41) is 13.0. The Labute approximate surface area is 209 Å². The minimum atomic E-state index is -0.267. The van der Waals surface area contributed by atoms with E-state index in [2.05, 4.69) is 20.7 Å². The number of aromatic nitrogens is 2. The Hall–Kier alpha value is -2.47. The highest BCUT2D eigenvalue weighted by Crippen LogP contribution is 2.34. The maximum absolute atomic E-state index is 12.2. The maximum atomic E-state index is 12.2. The molecule has 1 N–H and O–H groups in total. The van der Waals surface area contributed by atoms with Gasteiger partial charge in [0.2, 0.25) is 0 Å². The van der Waals surface area contributed by atoms with E-state index in [0.29, 0.717) is 32.9 Å². The number of hydrogen-bond acceptors (Lipinski definition) is 10. The minimum absolute atomic E-state index is 0.157. The molecule has 1 heterocycles. The Bertz CT molecular complexity index is 1130. The first-order valence-corrected chi connectivity index (χ1v) is 12.6. The molecule has 1 amide bonds. The van der Waals surface area contributed by atoms with Gasteiger partial charge in [0, 0.05) is 22.4 Å². The third kappa shape index (κ3) is 7.26. The maximum Gasteiger partial charge on any atom is 0.250 e. The Morgan fingerprint density at radius 3 is 2.42 bits per heavy atom. The van der Waals surface area contributed by atoms with E-state index in [9.17, 15) is 4.79 Å². The van der Waals surface area contributed by atoms with E-state index in [1.165, 1.54) is 36.4 Å². The summed E-state index contributed by atoms with van der Waals surface area (Å²) < 4.78 is 17.4. The molecule has 2 aromatic carbocycles. The van der Waals surface area contributed by atoms with E-state index in [1.807, 2.05) is 24.3 Å². The van der Waals surface area contributed by atoms with E-state index in [0.717, 1.165) is 14.9 Å². The molecule has 33 heavy (non-hydrogen) atoms. The van der Waals surface area contributed by atoms with Crippen molar-refractivity contribution < 1.29 is 19.0 Å². The fourth-order valence-electron chi connectivity index (χ4n) is 2.56. The number of rotatable bonds is 11. The number of hydrazone groups is 1. The van der Waals surface area contributed by atoms with Crippen LogP contribution in [-0.4, -0.2) is 49.4 Å². The third-order valence-electron chi connectivity index (χ3n) is 4.15. The lowest BCUT2D eigenvalue weighted by molar-refractivity contribution is -0.118. The van der Waals surface area contributed by atoms with E-state index in [4.69, 9.17) is 25.8 Å². The second-order valence-electron chi connectivity index (χ2n) is 6.24. The zero-order valence-corrected chi connectivity index (χ0v) is 21.2. The van der Waals surface area contributed by atoms with Crippen molar-refractivity contribution in [3.05, 3.63) is 52.5 Å². The van der Waals surface area contributed by atoms with Crippen LogP contribution in [0.5, 0.6) is 17.2 Å². The molecule has 0 radical (unpaired) electrons. The molecule has 0 unspecified atom stereocenters. The molecule has 3 rings (SSSR count). The van der Waals surface area contributed by atoms with Crippen LogP contribution in [0.25, 0.3) is 0 Å². The average molecular weight is 525 g/mol. The molecule has 8 nitrogen and oxygen atoms in total. The normalized spacial score (nSPS) is 10.9. The summed E-state index contributed by atoms with van der Waals surface area (Å²) in [6.07, 6.45) is 1.48. The highest BCUT2D eigenvalue weighted by molar-refractivity contribution is 8.03. The van der Waals surface area contributed by atoms with Gasteiger partial charge in [-0.15, -0.1) is 10.2 Å². The lowest BCUT2D eigenvalue weighted by Crippen LogP contribution is -2.19. The van der Waals surface area contributed by atoms with Crippen molar-refractivity contribution in [3.8, 4) is 17.2 Å². The minimum Gasteiger partial charge on any atom is -0.496 e. The second-order valence-corrected chi connectivity index (χ2v) is 10.1. The van der Waals surface area contributed by atoms with Gasteiger partial charge < -0.3 is 14.2 Å². The number of nitrogens with one attached hydrogen (secondary N) is 1. The number of amides is 1. The summed E-state index contributed by atoms with van der Waals surface area (Å²) in [4.78, 5) is 12.2. The summed E-state index contributed by atoms with van der Waals surface area (Å²) >= 11 is 10.5. The van der Waals surface area contributed by atoms with Crippen LogP contribution in [-0.2, 0) is 10.5 Å². The molecule has 12 heteroatoms. The zero-order chi connectivity index (χ0) is 23.6. The standard InChI is InChI=1S/C21H21ClN4O4S3/c1-28-16-9-18(30-3)17(29-2)8-14(16)10-23-24-19(27)12-32-21-26-25-20(33-21)31-11-13-6-4-5-7-15(13)22/h4-10H,11-12H2,1-3H3,(H,24,27)/b23-10-. The number of thioether (sulfide) groups is 2. The van der Waals surface area contributed by atoms with Gasteiger partial charge in [0.1, 0.15) is 5.75 Å². The molecule has 0 atom stereocenters. The second kappa shape index (κ2) is 12.7. The number of methoxy groups -OCH3 is 3. The van der Waals surface area contributed by atoms with E-state index >= 15 is 0 Å². The van der Waals surface area contributed by atoms with Crippen molar-refractivity contribution in [1.82, 2.24) is 15.6 Å². The van der Waals surface area contributed by atoms with Crippen LogP contribution >= 0.6 is 46.5 Å². The van der Waals surface area contributed by atoms with Crippen LogP contribution in [0.1, 0.15) is 11.1 Å². The number of ether oxygens (including phenoxy) is 3. The molecule has 0 aliphatic rings. The van der Waals surface area contributed by atoms with Crippen LogP contribution in [0.2, 0.25) is 5.02 Å². The number of hydrogen-bond donors (Lipinski definition) is 1. The monoisotopic (exact) mass is 524 g/mol.